The van der Waals surface area contributed by atoms with E-state index in [1.54, 1.807) is 6.20 Å². The van der Waals surface area contributed by atoms with Crippen molar-refractivity contribution >= 4 is 10.9 Å². The van der Waals surface area contributed by atoms with Crippen LogP contribution in [-0.4, -0.2) is 34.6 Å². The van der Waals surface area contributed by atoms with E-state index < -0.39 is 6.10 Å². The lowest BCUT2D eigenvalue weighted by Gasteiger charge is -2.43. The molecule has 0 bridgehead atoms. The number of hydrogen-bond donors (Lipinski definition) is 1. The summed E-state index contributed by atoms with van der Waals surface area (Å²) in [5, 5.41) is 12.1. The lowest BCUT2D eigenvalue weighted by molar-refractivity contribution is -0.0142. The van der Waals surface area contributed by atoms with Gasteiger partial charge in [-0.05, 0) is 33.0 Å². The Balaban J connectivity index is 2.57. The average molecular weight is 272 g/mol. The van der Waals surface area contributed by atoms with Crippen molar-refractivity contribution in [3.05, 3.63) is 42.1 Å². The summed E-state index contributed by atoms with van der Waals surface area (Å²) in [6.45, 7) is 4.26. The number of likely N-dealkylation sites (N-methyl/N-ethyl adjacent to an activating group) is 1. The van der Waals surface area contributed by atoms with Crippen LogP contribution in [0.4, 0.5) is 0 Å². The number of aliphatic hydroxyl groups excluding tert-OH is 1. The van der Waals surface area contributed by atoms with Crippen molar-refractivity contribution in [3.8, 4) is 0 Å². The molecule has 0 aliphatic carbocycles. The van der Waals surface area contributed by atoms with Crippen molar-refractivity contribution in [1.29, 1.82) is 0 Å². The van der Waals surface area contributed by atoms with Crippen LogP contribution in [-0.2, 0) is 0 Å². The number of aromatic nitrogens is 1. The third-order valence-corrected chi connectivity index (χ3v) is 4.58. The zero-order chi connectivity index (χ0) is 14.8. The summed E-state index contributed by atoms with van der Waals surface area (Å²) in [4.78, 5) is 6.60. The first-order valence-corrected chi connectivity index (χ1v) is 7.26. The summed E-state index contributed by atoms with van der Waals surface area (Å²) in [6, 6.07) is 9.98. The van der Waals surface area contributed by atoms with Gasteiger partial charge in [-0.15, -0.1) is 0 Å². The lowest BCUT2D eigenvalue weighted by Crippen LogP contribution is -2.48. The molecule has 3 heteroatoms. The van der Waals surface area contributed by atoms with Crippen molar-refractivity contribution < 1.29 is 5.11 Å². The SMILES string of the molecule is CCC(CC)(C(O)c1cccc2cccnc12)N(C)C. The molecule has 0 saturated carbocycles. The van der Waals surface area contributed by atoms with Crippen LogP contribution in [0.3, 0.4) is 0 Å². The predicted molar refractivity (Wildman–Crippen MR) is 83.7 cm³/mol. The fraction of sp³-hybridized carbons (Fsp3) is 0.471. The average Bonchev–Trinajstić information content (AvgIpc) is 2.48. The Morgan fingerprint density at radius 3 is 2.40 bits per heavy atom. The quantitative estimate of drug-likeness (QED) is 0.906. The van der Waals surface area contributed by atoms with Crippen LogP contribution in [0.5, 0.6) is 0 Å². The second-order valence-corrected chi connectivity index (χ2v) is 5.53. The van der Waals surface area contributed by atoms with Crippen molar-refractivity contribution in [1.82, 2.24) is 9.88 Å². The largest absolute Gasteiger partial charge is 0.386 e. The summed E-state index contributed by atoms with van der Waals surface area (Å²) in [5.41, 5.74) is 1.56. The summed E-state index contributed by atoms with van der Waals surface area (Å²) in [5.74, 6) is 0. The van der Waals surface area contributed by atoms with E-state index in [0.717, 1.165) is 29.3 Å². The van der Waals surface area contributed by atoms with E-state index in [2.05, 4.69) is 23.7 Å². The van der Waals surface area contributed by atoms with E-state index in [-0.39, 0.29) is 5.54 Å². The minimum Gasteiger partial charge on any atom is -0.386 e. The minimum absolute atomic E-state index is 0.258. The molecule has 1 heterocycles. The Morgan fingerprint density at radius 2 is 1.80 bits per heavy atom. The van der Waals surface area contributed by atoms with Gasteiger partial charge in [0.25, 0.3) is 0 Å². The van der Waals surface area contributed by atoms with Crippen LogP contribution >= 0.6 is 0 Å². The summed E-state index contributed by atoms with van der Waals surface area (Å²) in [6.07, 6.45) is 3.02. The molecule has 0 aliphatic rings. The Morgan fingerprint density at radius 1 is 1.15 bits per heavy atom. The Bertz CT molecular complexity index is 571. The third-order valence-electron chi connectivity index (χ3n) is 4.58. The maximum absolute atomic E-state index is 11.0. The number of rotatable bonds is 5. The summed E-state index contributed by atoms with van der Waals surface area (Å²) < 4.78 is 0. The molecule has 2 aromatic rings. The first kappa shape index (κ1) is 14.9. The first-order chi connectivity index (χ1) is 9.56. The lowest BCUT2D eigenvalue weighted by atomic mass is 9.81. The van der Waals surface area contributed by atoms with E-state index in [9.17, 15) is 5.11 Å². The van der Waals surface area contributed by atoms with Crippen molar-refractivity contribution in [2.45, 2.75) is 38.3 Å². The van der Waals surface area contributed by atoms with Crippen LogP contribution < -0.4 is 0 Å². The highest BCUT2D eigenvalue weighted by Gasteiger charge is 2.38. The standard InChI is InChI=1S/C17H24N2O/c1-5-17(6-2,19(3)4)16(20)14-11-7-9-13-10-8-12-18-15(13)14/h7-12,16,20H,5-6H2,1-4H3. The molecule has 2 rings (SSSR count). The molecule has 108 valence electrons. The highest BCUT2D eigenvalue weighted by molar-refractivity contribution is 5.82. The van der Waals surface area contributed by atoms with Crippen LogP contribution in [0, 0.1) is 0 Å². The number of aliphatic hydroxyl groups is 1. The molecule has 0 aliphatic heterocycles. The van der Waals surface area contributed by atoms with Crippen molar-refractivity contribution in [2.75, 3.05) is 14.1 Å². The molecule has 3 nitrogen and oxygen atoms in total. The normalized spacial score (nSPS) is 13.9. The zero-order valence-electron chi connectivity index (χ0n) is 12.8. The van der Waals surface area contributed by atoms with Gasteiger partial charge in [-0.25, -0.2) is 0 Å². The van der Waals surface area contributed by atoms with Crippen LogP contribution in [0.15, 0.2) is 36.5 Å². The van der Waals surface area contributed by atoms with Crippen LogP contribution in [0.2, 0.25) is 0 Å². The molecular formula is C17H24N2O. The summed E-state index contributed by atoms with van der Waals surface area (Å²) in [7, 11) is 4.07. The number of pyridine rings is 1. The maximum atomic E-state index is 11.0. The molecule has 0 radical (unpaired) electrons. The van der Waals surface area contributed by atoms with Gasteiger partial charge in [0.05, 0.1) is 17.2 Å². The zero-order valence-corrected chi connectivity index (χ0v) is 12.8. The molecule has 0 amide bonds. The number of benzene rings is 1. The Labute approximate surface area is 121 Å². The molecule has 20 heavy (non-hydrogen) atoms. The van der Waals surface area contributed by atoms with E-state index in [1.807, 2.05) is 44.4 Å². The predicted octanol–water partition coefficient (Wildman–Crippen LogP) is 3.39. The van der Waals surface area contributed by atoms with E-state index in [0.29, 0.717) is 0 Å². The van der Waals surface area contributed by atoms with Gasteiger partial charge in [-0.1, -0.05) is 38.1 Å². The number of para-hydroxylation sites is 1. The smallest absolute Gasteiger partial charge is 0.0994 e. The Kier molecular flexibility index (Phi) is 4.41. The molecule has 1 aromatic heterocycles. The highest BCUT2D eigenvalue weighted by Crippen LogP contribution is 2.37. The van der Waals surface area contributed by atoms with Gasteiger partial charge in [0.1, 0.15) is 0 Å². The molecule has 0 saturated heterocycles. The maximum Gasteiger partial charge on any atom is 0.0994 e. The second-order valence-electron chi connectivity index (χ2n) is 5.53. The fourth-order valence-electron chi connectivity index (χ4n) is 3.15. The molecule has 0 fully saturated rings. The van der Waals surface area contributed by atoms with Gasteiger partial charge in [-0.3, -0.25) is 4.98 Å². The van der Waals surface area contributed by atoms with E-state index in [4.69, 9.17) is 0 Å². The Hall–Kier alpha value is -1.45. The highest BCUT2D eigenvalue weighted by atomic mass is 16.3. The second kappa shape index (κ2) is 5.90. The topological polar surface area (TPSA) is 36.4 Å². The molecule has 1 aromatic carbocycles. The molecule has 1 N–H and O–H groups in total. The van der Waals surface area contributed by atoms with E-state index in [1.165, 1.54) is 0 Å². The first-order valence-electron chi connectivity index (χ1n) is 7.26. The van der Waals surface area contributed by atoms with Gasteiger partial charge in [-0.2, -0.15) is 0 Å². The van der Waals surface area contributed by atoms with Gasteiger partial charge in [0.2, 0.25) is 0 Å². The van der Waals surface area contributed by atoms with Crippen molar-refractivity contribution in [2.24, 2.45) is 0 Å². The molecular weight excluding hydrogens is 248 g/mol. The van der Waals surface area contributed by atoms with Crippen LogP contribution in [0.1, 0.15) is 38.4 Å². The monoisotopic (exact) mass is 272 g/mol. The van der Waals surface area contributed by atoms with Crippen molar-refractivity contribution in [3.63, 3.8) is 0 Å². The molecule has 0 spiro atoms. The van der Waals surface area contributed by atoms with Crippen LogP contribution in [0.25, 0.3) is 10.9 Å². The van der Waals surface area contributed by atoms with Gasteiger partial charge >= 0.3 is 0 Å². The van der Waals surface area contributed by atoms with E-state index >= 15 is 0 Å². The molecule has 1 atom stereocenters. The number of nitrogens with zero attached hydrogens (tertiary/aromatic N) is 2. The third kappa shape index (κ3) is 2.32. The fourth-order valence-corrected chi connectivity index (χ4v) is 3.15. The van der Waals surface area contributed by atoms with Gasteiger partial charge in [0, 0.05) is 17.1 Å². The minimum atomic E-state index is -0.550. The summed E-state index contributed by atoms with van der Waals surface area (Å²) >= 11 is 0. The molecule has 1 unspecified atom stereocenters. The van der Waals surface area contributed by atoms with Gasteiger partial charge < -0.3 is 10.0 Å². The number of hydrogen-bond acceptors (Lipinski definition) is 3. The number of fused-ring (bicyclic) bond motifs is 1. The van der Waals surface area contributed by atoms with Gasteiger partial charge in [0.15, 0.2) is 0 Å².